The van der Waals surface area contributed by atoms with Crippen LogP contribution in [-0.2, 0) is 61.6 Å². The van der Waals surface area contributed by atoms with Gasteiger partial charge in [0.15, 0.2) is 11.3 Å². The van der Waals surface area contributed by atoms with Crippen molar-refractivity contribution in [1.29, 1.82) is 0 Å². The van der Waals surface area contributed by atoms with E-state index in [1.54, 1.807) is 0 Å². The van der Waals surface area contributed by atoms with Crippen molar-refractivity contribution in [3.63, 3.8) is 0 Å². The van der Waals surface area contributed by atoms with E-state index in [0.29, 0.717) is 47.6 Å². The smallest absolute Gasteiger partial charge is 0.228 e. The van der Waals surface area contributed by atoms with Crippen LogP contribution in [0.2, 0.25) is 0 Å². The van der Waals surface area contributed by atoms with E-state index in [1.807, 2.05) is 194 Å². The number of hydrogen-bond acceptors (Lipinski definition) is 22. The Kier molecular flexibility index (Phi) is 16.7. The Morgan fingerprint density at radius 2 is 0.500 bits per heavy atom. The number of aromatic nitrogens is 8. The molecule has 0 saturated carbocycles. The van der Waals surface area contributed by atoms with E-state index in [4.69, 9.17) is 50.6 Å². The minimum Gasteiger partial charge on any atom is -0.356 e. The topological polar surface area (TPSA) is 393 Å². The fourth-order valence-electron chi connectivity index (χ4n) is 11.1. The zero-order chi connectivity index (χ0) is 60.3. The predicted molar refractivity (Wildman–Crippen MR) is 334 cm³/mol. The van der Waals surface area contributed by atoms with Crippen molar-refractivity contribution in [2.24, 2.45) is 20.0 Å². The van der Waals surface area contributed by atoms with Crippen molar-refractivity contribution in [2.45, 2.75) is 22.7 Å². The van der Waals surface area contributed by atoms with Gasteiger partial charge in [0.25, 0.3) is 0 Å². The van der Waals surface area contributed by atoms with Gasteiger partial charge in [-0.2, -0.15) is 0 Å². The Hall–Kier alpha value is -11.6. The maximum Gasteiger partial charge on any atom is 0.228 e. The van der Waals surface area contributed by atoms with Crippen molar-refractivity contribution in [2.75, 3.05) is 21.3 Å². The third-order valence-electron chi connectivity index (χ3n) is 14.6. The zero-order valence-electron chi connectivity index (χ0n) is 47.1. The van der Waals surface area contributed by atoms with Gasteiger partial charge in [0.1, 0.15) is 0 Å². The molecular formula is C60H48N22O6Zn2-2. The van der Waals surface area contributed by atoms with Gasteiger partial charge in [0.05, 0.1) is 54.3 Å². The maximum atomic E-state index is 8.25. The third-order valence-corrected chi connectivity index (χ3v) is 14.6. The molecular weight excluding hydrogens is 1260 g/mol. The number of nitrogens with one attached hydrogen (secondary N) is 12. The first-order valence-electron chi connectivity index (χ1n) is 27.1. The van der Waals surface area contributed by atoms with Crippen LogP contribution in [0, 0.1) is 30.6 Å². The van der Waals surface area contributed by atoms with Crippen LogP contribution in [0.5, 0.6) is 0 Å². The van der Waals surface area contributed by atoms with Crippen molar-refractivity contribution in [3.05, 3.63) is 271 Å². The van der Waals surface area contributed by atoms with E-state index in [9.17, 15) is 0 Å². The van der Waals surface area contributed by atoms with Crippen LogP contribution in [0.1, 0.15) is 22.3 Å². The number of fused-ring (bicyclic) bond motifs is 6. The van der Waals surface area contributed by atoms with Gasteiger partial charge in [-0.05, 0) is 48.5 Å². The van der Waals surface area contributed by atoms with Crippen molar-refractivity contribution < 1.29 is 49.1 Å². The molecule has 0 atom stereocenters. The monoisotopic (exact) mass is 1300 g/mol. The molecule has 440 valence electrons. The quantitative estimate of drug-likeness (QED) is 0.0384. The molecule has 0 bridgehead atoms. The summed E-state index contributed by atoms with van der Waals surface area (Å²) in [6, 6.07) is 72.1. The van der Waals surface area contributed by atoms with Gasteiger partial charge in [-0.15, -0.1) is 0 Å². The van der Waals surface area contributed by atoms with Gasteiger partial charge in [-0.25, -0.2) is 39.9 Å². The number of rotatable bonds is 8. The zero-order valence-corrected chi connectivity index (χ0v) is 53.1. The molecule has 4 aliphatic heterocycles. The Bertz CT molecular complexity index is 4050. The molecule has 16 rings (SSSR count). The molecule has 12 N–H and O–H groups in total. The molecule has 4 aromatic heterocycles. The second kappa shape index (κ2) is 25.0. The number of anilines is 4. The average molecular weight is 1300 g/mol. The standard InChI is InChI=1S/2C30H24N10.2NO3.2Zn/c2*1-3-11-19(12-4-1)29-30(20-13-5-2-6-14-20,39-27(37-29)35-25-31-21-15-7-8-16-22(21)32-25)40-28(38-29)36-26-33-23-17-9-10-18-24(23)34-26;2*2-1(3)4;;/h2*1-18H,(H3,31,32,35,37,39)(H3,33,34,36,38,40);;;;/q;;2*-1;;. The fraction of sp³-hybridized carbons (Fsp3) is 0.0667. The summed E-state index contributed by atoms with van der Waals surface area (Å²) in [6.45, 7) is 0. The number of para-hydroxylation sites is 8. The largest absolute Gasteiger partial charge is 0.356 e. The first kappa shape index (κ1) is 60.1. The molecule has 28 nitrogen and oxygen atoms in total. The van der Waals surface area contributed by atoms with Crippen LogP contribution < -0.4 is 42.5 Å². The summed E-state index contributed by atoms with van der Waals surface area (Å²) in [4.78, 5) is 69.4. The Labute approximate surface area is 534 Å². The summed E-state index contributed by atoms with van der Waals surface area (Å²) in [7, 11) is 0. The van der Waals surface area contributed by atoms with E-state index >= 15 is 0 Å². The predicted octanol–water partition coefficient (Wildman–Crippen LogP) is 8.69. The Balaban J connectivity index is 0.000000162. The van der Waals surface area contributed by atoms with Crippen molar-refractivity contribution in [3.8, 4) is 0 Å². The van der Waals surface area contributed by atoms with Crippen LogP contribution in [0.25, 0.3) is 44.1 Å². The molecule has 0 spiro atoms. The Morgan fingerprint density at radius 3 is 0.722 bits per heavy atom. The normalized spacial score (nSPS) is 19.6. The molecule has 0 fully saturated rings. The third kappa shape index (κ3) is 11.5. The summed E-state index contributed by atoms with van der Waals surface area (Å²) in [5.41, 5.74) is 6.93. The van der Waals surface area contributed by atoms with Crippen LogP contribution in [0.15, 0.2) is 238 Å². The number of nitrogens with zero attached hydrogens (tertiary/aromatic N) is 10. The van der Waals surface area contributed by atoms with Crippen LogP contribution in [-0.4, -0.2) is 73.9 Å². The van der Waals surface area contributed by atoms with Crippen LogP contribution >= 0.6 is 0 Å². The molecule has 12 aromatic rings. The van der Waals surface area contributed by atoms with Gasteiger partial charge in [-0.1, -0.05) is 170 Å². The van der Waals surface area contributed by atoms with Crippen LogP contribution in [0.3, 0.4) is 0 Å². The summed E-state index contributed by atoms with van der Waals surface area (Å²) in [6.07, 6.45) is 0. The second-order valence-corrected chi connectivity index (χ2v) is 20.0. The summed E-state index contributed by atoms with van der Waals surface area (Å²) in [5.74, 6) is 4.48. The molecule has 4 aliphatic rings. The summed E-state index contributed by atoms with van der Waals surface area (Å²) >= 11 is 0. The number of benzene rings is 8. The number of hydrogen-bond donors (Lipinski definition) is 12. The molecule has 0 amide bonds. The van der Waals surface area contributed by atoms with E-state index in [-0.39, 0.29) is 39.0 Å². The Morgan fingerprint density at radius 1 is 0.300 bits per heavy atom. The molecule has 8 aromatic carbocycles. The molecule has 30 heteroatoms. The molecule has 0 radical (unpaired) electrons. The molecule has 0 unspecified atom stereocenters. The number of imidazole rings is 4. The van der Waals surface area contributed by atoms with Gasteiger partial charge >= 0.3 is 0 Å². The maximum absolute atomic E-state index is 8.25. The average Bonchev–Trinajstić information content (AvgIpc) is 1.55. The number of H-pyrrole nitrogens is 4. The fourth-order valence-corrected chi connectivity index (χ4v) is 11.1. The van der Waals surface area contributed by atoms with Crippen molar-refractivity contribution >= 4 is 91.8 Å². The van der Waals surface area contributed by atoms with Gasteiger partial charge < -0.3 is 71.8 Å². The van der Waals surface area contributed by atoms with Gasteiger partial charge in [-0.3, -0.25) is 21.3 Å². The summed E-state index contributed by atoms with van der Waals surface area (Å²) in [5, 5.41) is 57.5. The van der Waals surface area contributed by atoms with E-state index in [0.717, 1.165) is 66.4 Å². The SMILES string of the molecule is O=[N+]([O-])[O-].O=[N+]([O-])[O-].[Zn].[Zn].c1ccc(C23N=C(Nc4nc5ccccc5[nH]4)NC2(c2ccccc2)NC(Nc2nc4ccccc4[nH]2)=N3)cc1.c1ccc(C23N=C(Nc4nc5ccccc5[nH]4)NC2(c2ccccc2)NC(Nc2nc4ccccc4[nH]2)=N3)cc1. The molecule has 90 heavy (non-hydrogen) atoms. The number of aromatic amines is 4. The number of aliphatic imine (C=N–C) groups is 4. The second-order valence-electron chi connectivity index (χ2n) is 20.0. The van der Waals surface area contributed by atoms with Gasteiger partial charge in [0.2, 0.25) is 59.0 Å². The minimum absolute atomic E-state index is 0. The van der Waals surface area contributed by atoms with Crippen LogP contribution in [0.4, 0.5) is 23.8 Å². The van der Waals surface area contributed by atoms with Gasteiger partial charge in [0, 0.05) is 61.2 Å². The van der Waals surface area contributed by atoms with E-state index in [2.05, 4.69) is 107 Å². The minimum atomic E-state index is -1.75. The molecule has 0 saturated heterocycles. The summed E-state index contributed by atoms with van der Waals surface area (Å²) < 4.78 is 0. The molecule has 8 heterocycles. The number of guanidine groups is 4. The van der Waals surface area contributed by atoms with E-state index in [1.165, 1.54) is 0 Å². The molecule has 0 aliphatic carbocycles. The van der Waals surface area contributed by atoms with E-state index < -0.39 is 32.8 Å². The first-order chi connectivity index (χ1) is 42.9. The first-order valence-corrected chi connectivity index (χ1v) is 27.1. The van der Waals surface area contributed by atoms with Crippen molar-refractivity contribution in [1.82, 2.24) is 61.1 Å².